The van der Waals surface area contributed by atoms with Crippen LogP contribution in [0.15, 0.2) is 12.1 Å². The highest BCUT2D eigenvalue weighted by Gasteiger charge is 2.10. The molecule has 64 valence electrons. The predicted octanol–water partition coefficient (Wildman–Crippen LogP) is 1.10. The van der Waals surface area contributed by atoms with Gasteiger partial charge in [-0.25, -0.2) is 4.98 Å². The van der Waals surface area contributed by atoms with E-state index in [4.69, 9.17) is 5.21 Å². The largest absolute Gasteiger partial charge is 0.290 e. The van der Waals surface area contributed by atoms with Gasteiger partial charge in [-0.3, -0.25) is 20.8 Å². The van der Waals surface area contributed by atoms with E-state index in [0.717, 1.165) is 0 Å². The standard InChI is InChI=1S/C6H7N3O3/c1-4-5(9(11)12)2-3-6(7-4)8-10/h2-3,10H,1H3,(H,7,8). The van der Waals surface area contributed by atoms with Crippen molar-refractivity contribution < 1.29 is 10.1 Å². The number of rotatable bonds is 2. The van der Waals surface area contributed by atoms with E-state index in [1.807, 2.05) is 0 Å². The van der Waals surface area contributed by atoms with Gasteiger partial charge in [0.25, 0.3) is 5.69 Å². The summed E-state index contributed by atoms with van der Waals surface area (Å²) in [5.41, 5.74) is 2.00. The average molecular weight is 169 g/mol. The van der Waals surface area contributed by atoms with Crippen molar-refractivity contribution >= 4 is 11.5 Å². The highest BCUT2D eigenvalue weighted by atomic mass is 16.6. The van der Waals surface area contributed by atoms with Gasteiger partial charge >= 0.3 is 0 Å². The third-order valence-corrected chi connectivity index (χ3v) is 1.37. The van der Waals surface area contributed by atoms with Crippen molar-refractivity contribution in [3.05, 3.63) is 27.9 Å². The molecule has 1 aromatic rings. The molecule has 0 fully saturated rings. The van der Waals surface area contributed by atoms with Crippen molar-refractivity contribution in [2.24, 2.45) is 0 Å². The van der Waals surface area contributed by atoms with Gasteiger partial charge in [-0.2, -0.15) is 0 Å². The lowest BCUT2D eigenvalue weighted by atomic mass is 10.3. The van der Waals surface area contributed by atoms with E-state index in [1.165, 1.54) is 19.1 Å². The Morgan fingerprint density at radius 3 is 2.75 bits per heavy atom. The van der Waals surface area contributed by atoms with Gasteiger partial charge in [0.2, 0.25) is 0 Å². The Kier molecular flexibility index (Phi) is 2.20. The highest BCUT2D eigenvalue weighted by molar-refractivity contribution is 5.43. The van der Waals surface area contributed by atoms with Crippen molar-refractivity contribution in [2.75, 3.05) is 5.48 Å². The SMILES string of the molecule is Cc1nc(NO)ccc1[N+](=O)[O-]. The number of hydrogen-bond donors (Lipinski definition) is 2. The summed E-state index contributed by atoms with van der Waals surface area (Å²) in [5, 5.41) is 18.7. The first-order valence-electron chi connectivity index (χ1n) is 3.17. The lowest BCUT2D eigenvalue weighted by Gasteiger charge is -1.99. The van der Waals surface area contributed by atoms with Gasteiger partial charge < -0.3 is 0 Å². The molecule has 0 radical (unpaired) electrons. The minimum absolute atomic E-state index is 0.0611. The molecule has 0 saturated heterocycles. The summed E-state index contributed by atoms with van der Waals surface area (Å²) in [4.78, 5) is 13.5. The minimum Gasteiger partial charge on any atom is -0.290 e. The Hall–Kier alpha value is -1.69. The summed E-state index contributed by atoms with van der Waals surface area (Å²) in [6.45, 7) is 1.50. The first-order chi connectivity index (χ1) is 5.65. The van der Waals surface area contributed by atoms with Crippen molar-refractivity contribution in [3.63, 3.8) is 0 Å². The number of nitrogens with zero attached hydrogens (tertiary/aromatic N) is 2. The summed E-state index contributed by atoms with van der Waals surface area (Å²) < 4.78 is 0. The van der Waals surface area contributed by atoms with Crippen LogP contribution in [0, 0.1) is 17.0 Å². The lowest BCUT2D eigenvalue weighted by Crippen LogP contribution is -1.98. The number of aromatic nitrogens is 1. The van der Waals surface area contributed by atoms with Crippen LogP contribution < -0.4 is 5.48 Å². The van der Waals surface area contributed by atoms with E-state index in [1.54, 1.807) is 5.48 Å². The molecule has 1 heterocycles. The molecule has 0 aromatic carbocycles. The zero-order valence-corrected chi connectivity index (χ0v) is 6.31. The number of nitrogens with one attached hydrogen (secondary N) is 1. The van der Waals surface area contributed by atoms with Crippen LogP contribution in [0.2, 0.25) is 0 Å². The van der Waals surface area contributed by atoms with Gasteiger partial charge in [0.15, 0.2) is 0 Å². The van der Waals surface area contributed by atoms with Crippen LogP contribution in [-0.2, 0) is 0 Å². The Bertz CT molecular complexity index is 313. The van der Waals surface area contributed by atoms with Crippen LogP contribution in [0.1, 0.15) is 5.69 Å². The maximum atomic E-state index is 10.3. The summed E-state index contributed by atoms with van der Waals surface area (Å²) >= 11 is 0. The third kappa shape index (κ3) is 1.48. The normalized spacial score (nSPS) is 9.50. The number of aryl methyl sites for hydroxylation is 1. The van der Waals surface area contributed by atoms with Crippen molar-refractivity contribution in [1.82, 2.24) is 4.98 Å². The van der Waals surface area contributed by atoms with Gasteiger partial charge in [0, 0.05) is 6.07 Å². The first kappa shape index (κ1) is 8.41. The highest BCUT2D eigenvalue weighted by Crippen LogP contribution is 2.16. The van der Waals surface area contributed by atoms with Crippen molar-refractivity contribution in [1.29, 1.82) is 0 Å². The molecule has 0 amide bonds. The molecular formula is C6H7N3O3. The summed E-state index contributed by atoms with van der Waals surface area (Å²) in [5.74, 6) is 0.193. The fourth-order valence-corrected chi connectivity index (χ4v) is 0.809. The van der Waals surface area contributed by atoms with Gasteiger partial charge in [0.05, 0.1) is 4.92 Å². The number of nitro groups is 1. The molecular weight excluding hydrogens is 162 g/mol. The number of hydrogen-bond acceptors (Lipinski definition) is 5. The van der Waals surface area contributed by atoms with Crippen LogP contribution in [0.4, 0.5) is 11.5 Å². The van der Waals surface area contributed by atoms with Crippen molar-refractivity contribution in [2.45, 2.75) is 6.92 Å². The molecule has 0 aliphatic carbocycles. The van der Waals surface area contributed by atoms with Crippen LogP contribution in [0.25, 0.3) is 0 Å². The molecule has 0 spiro atoms. The minimum atomic E-state index is -0.524. The quantitative estimate of drug-likeness (QED) is 0.511. The Labute approximate surface area is 68.0 Å². The maximum Gasteiger partial charge on any atom is 0.290 e. The molecule has 1 aromatic heterocycles. The van der Waals surface area contributed by atoms with Crippen LogP contribution in [0.5, 0.6) is 0 Å². The second-order valence-corrected chi connectivity index (χ2v) is 2.17. The van der Waals surface area contributed by atoms with E-state index >= 15 is 0 Å². The van der Waals surface area contributed by atoms with Crippen LogP contribution in [-0.4, -0.2) is 15.1 Å². The van der Waals surface area contributed by atoms with Gasteiger partial charge in [-0.15, -0.1) is 0 Å². The third-order valence-electron chi connectivity index (χ3n) is 1.37. The molecule has 0 atom stereocenters. The molecule has 6 heteroatoms. The second kappa shape index (κ2) is 3.14. The van der Waals surface area contributed by atoms with Crippen molar-refractivity contribution in [3.8, 4) is 0 Å². The van der Waals surface area contributed by atoms with Gasteiger partial charge in [-0.05, 0) is 13.0 Å². The molecule has 12 heavy (non-hydrogen) atoms. The molecule has 0 unspecified atom stereocenters. The second-order valence-electron chi connectivity index (χ2n) is 2.17. The molecule has 1 rings (SSSR count). The zero-order valence-electron chi connectivity index (χ0n) is 6.31. The lowest BCUT2D eigenvalue weighted by molar-refractivity contribution is -0.385. The zero-order chi connectivity index (χ0) is 9.14. The Balaban J connectivity index is 3.12. The van der Waals surface area contributed by atoms with E-state index in [-0.39, 0.29) is 17.2 Å². The van der Waals surface area contributed by atoms with E-state index < -0.39 is 4.92 Å². The monoisotopic (exact) mass is 169 g/mol. The first-order valence-corrected chi connectivity index (χ1v) is 3.17. The fraction of sp³-hybridized carbons (Fsp3) is 0.167. The Morgan fingerprint density at radius 1 is 1.67 bits per heavy atom. The smallest absolute Gasteiger partial charge is 0.290 e. The molecule has 0 saturated carbocycles. The fourth-order valence-electron chi connectivity index (χ4n) is 0.809. The maximum absolute atomic E-state index is 10.3. The molecule has 6 nitrogen and oxygen atoms in total. The van der Waals surface area contributed by atoms with Crippen LogP contribution >= 0.6 is 0 Å². The summed E-state index contributed by atoms with van der Waals surface area (Å²) in [7, 11) is 0. The predicted molar refractivity (Wildman–Crippen MR) is 41.0 cm³/mol. The number of anilines is 1. The molecule has 2 N–H and O–H groups in total. The van der Waals surface area contributed by atoms with E-state index in [9.17, 15) is 10.1 Å². The van der Waals surface area contributed by atoms with Crippen LogP contribution in [0.3, 0.4) is 0 Å². The van der Waals surface area contributed by atoms with Gasteiger partial charge in [-0.1, -0.05) is 0 Å². The summed E-state index contributed by atoms with van der Waals surface area (Å²) in [6.07, 6.45) is 0. The number of pyridine rings is 1. The Morgan fingerprint density at radius 2 is 2.33 bits per heavy atom. The molecule has 0 aliphatic rings. The van der Waals surface area contributed by atoms with Gasteiger partial charge in [0.1, 0.15) is 11.5 Å². The summed E-state index contributed by atoms with van der Waals surface area (Å²) in [6, 6.07) is 2.60. The molecule has 0 aliphatic heterocycles. The van der Waals surface area contributed by atoms with E-state index in [2.05, 4.69) is 4.98 Å². The van der Waals surface area contributed by atoms with E-state index in [0.29, 0.717) is 0 Å². The average Bonchev–Trinajstić information content (AvgIpc) is 2.03. The molecule has 0 bridgehead atoms. The topological polar surface area (TPSA) is 88.3 Å².